The molecule has 2 aromatic rings. The van der Waals surface area contributed by atoms with E-state index in [-0.39, 0.29) is 5.91 Å². The Morgan fingerprint density at radius 2 is 2.04 bits per heavy atom. The topological polar surface area (TPSA) is 61.4 Å². The summed E-state index contributed by atoms with van der Waals surface area (Å²) in [5.74, 6) is 1.99. The molecule has 1 saturated heterocycles. The van der Waals surface area contributed by atoms with E-state index in [9.17, 15) is 4.79 Å². The van der Waals surface area contributed by atoms with Crippen LogP contribution in [-0.2, 0) is 4.79 Å². The van der Waals surface area contributed by atoms with Crippen LogP contribution < -0.4 is 10.2 Å². The first-order chi connectivity index (χ1) is 12.1. The number of piperazine rings is 1. The number of halogens is 1. The number of nitrogens with zero attached hydrogens (tertiary/aromatic N) is 4. The summed E-state index contributed by atoms with van der Waals surface area (Å²) in [5, 5.41) is 3.24. The lowest BCUT2D eigenvalue weighted by molar-refractivity contribution is -0.131. The Morgan fingerprint density at radius 3 is 2.72 bits per heavy atom. The third kappa shape index (κ3) is 4.69. The van der Waals surface area contributed by atoms with Crippen LogP contribution in [0.4, 0.5) is 11.6 Å². The number of amides is 1. The van der Waals surface area contributed by atoms with Crippen LogP contribution in [-0.4, -0.2) is 53.5 Å². The van der Waals surface area contributed by atoms with Crippen molar-refractivity contribution in [2.45, 2.75) is 13.3 Å². The summed E-state index contributed by atoms with van der Waals surface area (Å²) < 4.78 is 0.956. The Balaban J connectivity index is 1.43. The van der Waals surface area contributed by atoms with E-state index in [1.807, 2.05) is 36.1 Å². The summed E-state index contributed by atoms with van der Waals surface area (Å²) >= 11 is 3.40. The van der Waals surface area contributed by atoms with Gasteiger partial charge >= 0.3 is 0 Å². The molecule has 6 nitrogen and oxygen atoms in total. The molecule has 3 heterocycles. The number of nitrogens with one attached hydrogen (secondary N) is 1. The zero-order chi connectivity index (χ0) is 17.6. The van der Waals surface area contributed by atoms with Crippen LogP contribution in [0.5, 0.6) is 0 Å². The lowest BCUT2D eigenvalue weighted by Gasteiger charge is -2.35. The summed E-state index contributed by atoms with van der Waals surface area (Å²) in [4.78, 5) is 25.3. The van der Waals surface area contributed by atoms with Crippen molar-refractivity contribution in [3.8, 4) is 0 Å². The highest BCUT2D eigenvalue weighted by atomic mass is 79.9. The van der Waals surface area contributed by atoms with Crippen molar-refractivity contribution in [1.29, 1.82) is 0 Å². The first-order valence-corrected chi connectivity index (χ1v) is 9.22. The number of pyridine rings is 2. The summed E-state index contributed by atoms with van der Waals surface area (Å²) in [7, 11) is 0. The summed E-state index contributed by atoms with van der Waals surface area (Å²) in [6, 6.07) is 7.92. The lowest BCUT2D eigenvalue weighted by atomic mass is 10.2. The molecule has 0 aliphatic carbocycles. The Bertz CT molecular complexity index is 717. The third-order valence-corrected chi connectivity index (χ3v) is 4.72. The van der Waals surface area contributed by atoms with Gasteiger partial charge < -0.3 is 15.1 Å². The van der Waals surface area contributed by atoms with Gasteiger partial charge in [0.2, 0.25) is 5.91 Å². The number of carbonyl (C=O) groups is 1. The van der Waals surface area contributed by atoms with Gasteiger partial charge in [-0.15, -0.1) is 0 Å². The van der Waals surface area contributed by atoms with E-state index in [1.54, 1.807) is 12.4 Å². The average Bonchev–Trinajstić information content (AvgIpc) is 2.64. The van der Waals surface area contributed by atoms with Gasteiger partial charge in [0.15, 0.2) is 0 Å². The summed E-state index contributed by atoms with van der Waals surface area (Å²) in [6.45, 7) is 5.72. The van der Waals surface area contributed by atoms with Crippen molar-refractivity contribution in [2.75, 3.05) is 42.9 Å². The predicted octanol–water partition coefficient (Wildman–Crippen LogP) is 2.70. The van der Waals surface area contributed by atoms with Gasteiger partial charge in [0.05, 0.1) is 0 Å². The maximum absolute atomic E-state index is 12.4. The van der Waals surface area contributed by atoms with Gasteiger partial charge in [-0.1, -0.05) is 6.07 Å². The van der Waals surface area contributed by atoms with E-state index in [1.165, 1.54) is 0 Å². The Morgan fingerprint density at radius 1 is 1.24 bits per heavy atom. The molecule has 0 spiro atoms. The molecule has 7 heteroatoms. The predicted molar refractivity (Wildman–Crippen MR) is 103 cm³/mol. The molecular weight excluding hydrogens is 382 g/mol. The van der Waals surface area contributed by atoms with Crippen molar-refractivity contribution in [3.63, 3.8) is 0 Å². The monoisotopic (exact) mass is 403 g/mol. The Kier molecular flexibility index (Phi) is 5.86. The number of rotatable bonds is 5. The van der Waals surface area contributed by atoms with E-state index in [2.05, 4.69) is 36.1 Å². The molecule has 0 radical (unpaired) electrons. The maximum atomic E-state index is 12.4. The highest BCUT2D eigenvalue weighted by Crippen LogP contribution is 2.17. The minimum Gasteiger partial charge on any atom is -0.369 e. The van der Waals surface area contributed by atoms with E-state index < -0.39 is 0 Å². The standard InChI is InChI=1S/C18H22BrN5O/c1-14-12-15(19)13-22-18(14)21-7-5-17(25)24-10-8-23(9-11-24)16-4-2-3-6-20-16/h2-4,6,12-13H,5,7-11H2,1H3,(H,21,22). The maximum Gasteiger partial charge on any atom is 0.224 e. The van der Waals surface area contributed by atoms with Crippen molar-refractivity contribution < 1.29 is 4.79 Å². The van der Waals surface area contributed by atoms with Crippen molar-refractivity contribution in [3.05, 3.63) is 46.7 Å². The quantitative estimate of drug-likeness (QED) is 0.831. The number of hydrogen-bond acceptors (Lipinski definition) is 5. The van der Waals surface area contributed by atoms with E-state index in [4.69, 9.17) is 0 Å². The van der Waals surface area contributed by atoms with Gasteiger partial charge in [-0.3, -0.25) is 4.79 Å². The fraction of sp³-hybridized carbons (Fsp3) is 0.389. The van der Waals surface area contributed by atoms with Gasteiger partial charge in [-0.25, -0.2) is 9.97 Å². The fourth-order valence-electron chi connectivity index (χ4n) is 2.90. The Hall–Kier alpha value is -2.15. The largest absolute Gasteiger partial charge is 0.369 e. The molecule has 132 valence electrons. The SMILES string of the molecule is Cc1cc(Br)cnc1NCCC(=O)N1CCN(c2ccccn2)CC1. The fourth-order valence-corrected chi connectivity index (χ4v) is 3.34. The number of anilines is 2. The normalized spacial score (nSPS) is 14.5. The van der Waals surface area contributed by atoms with Crippen LogP contribution in [0, 0.1) is 6.92 Å². The zero-order valence-corrected chi connectivity index (χ0v) is 15.9. The van der Waals surface area contributed by atoms with Gasteiger partial charge in [-0.2, -0.15) is 0 Å². The molecule has 1 fully saturated rings. The highest BCUT2D eigenvalue weighted by Gasteiger charge is 2.21. The highest BCUT2D eigenvalue weighted by molar-refractivity contribution is 9.10. The second-order valence-corrected chi connectivity index (χ2v) is 6.97. The number of carbonyl (C=O) groups excluding carboxylic acids is 1. The molecule has 1 amide bonds. The molecule has 0 bridgehead atoms. The first kappa shape index (κ1) is 17.7. The molecule has 3 rings (SSSR count). The zero-order valence-electron chi connectivity index (χ0n) is 14.3. The van der Waals surface area contributed by atoms with Crippen LogP contribution in [0.1, 0.15) is 12.0 Å². The van der Waals surface area contributed by atoms with Crippen LogP contribution in [0.15, 0.2) is 41.1 Å². The van der Waals surface area contributed by atoms with Gasteiger partial charge in [0, 0.05) is 56.0 Å². The van der Waals surface area contributed by atoms with Crippen molar-refractivity contribution in [2.24, 2.45) is 0 Å². The molecular formula is C18H22BrN5O. The van der Waals surface area contributed by atoms with Crippen LogP contribution in [0.2, 0.25) is 0 Å². The summed E-state index contributed by atoms with van der Waals surface area (Å²) in [6.07, 6.45) is 4.03. The second kappa shape index (κ2) is 8.29. The third-order valence-electron chi connectivity index (χ3n) is 4.28. The average molecular weight is 404 g/mol. The number of aryl methyl sites for hydroxylation is 1. The molecule has 1 aliphatic rings. The van der Waals surface area contributed by atoms with E-state index in [0.29, 0.717) is 13.0 Å². The molecule has 0 unspecified atom stereocenters. The number of hydrogen-bond donors (Lipinski definition) is 1. The van der Waals surface area contributed by atoms with E-state index in [0.717, 1.165) is 47.9 Å². The van der Waals surface area contributed by atoms with Crippen LogP contribution in [0.25, 0.3) is 0 Å². The molecule has 0 aromatic carbocycles. The van der Waals surface area contributed by atoms with Crippen molar-refractivity contribution >= 4 is 33.5 Å². The smallest absolute Gasteiger partial charge is 0.224 e. The molecule has 1 aliphatic heterocycles. The van der Waals surface area contributed by atoms with Crippen molar-refractivity contribution in [1.82, 2.24) is 14.9 Å². The number of aromatic nitrogens is 2. The van der Waals surface area contributed by atoms with Gasteiger partial charge in [-0.05, 0) is 46.6 Å². The Labute approximate surface area is 156 Å². The van der Waals surface area contributed by atoms with Crippen LogP contribution in [0.3, 0.4) is 0 Å². The van der Waals surface area contributed by atoms with Gasteiger partial charge in [0.25, 0.3) is 0 Å². The molecule has 25 heavy (non-hydrogen) atoms. The van der Waals surface area contributed by atoms with Crippen LogP contribution >= 0.6 is 15.9 Å². The minimum absolute atomic E-state index is 0.183. The molecule has 2 aromatic heterocycles. The lowest BCUT2D eigenvalue weighted by Crippen LogP contribution is -2.49. The molecule has 1 N–H and O–H groups in total. The first-order valence-electron chi connectivity index (χ1n) is 8.43. The van der Waals surface area contributed by atoms with Gasteiger partial charge in [0.1, 0.15) is 11.6 Å². The molecule has 0 saturated carbocycles. The minimum atomic E-state index is 0.183. The van der Waals surface area contributed by atoms with E-state index >= 15 is 0 Å². The summed E-state index contributed by atoms with van der Waals surface area (Å²) in [5.41, 5.74) is 1.06. The molecule has 0 atom stereocenters. The second-order valence-electron chi connectivity index (χ2n) is 6.05.